The van der Waals surface area contributed by atoms with Crippen LogP contribution in [0.25, 0.3) is 0 Å². The maximum atomic E-state index is 11.4. The number of hydrogen-bond donors (Lipinski definition) is 2. The minimum Gasteiger partial charge on any atom is -0.480 e. The number of carboxylic acids is 1. The van der Waals surface area contributed by atoms with E-state index in [0.29, 0.717) is 5.02 Å². The van der Waals surface area contributed by atoms with Crippen LogP contribution in [0.4, 0.5) is 0 Å². The summed E-state index contributed by atoms with van der Waals surface area (Å²) in [6.45, 7) is -0.457. The van der Waals surface area contributed by atoms with Crippen molar-refractivity contribution in [2.24, 2.45) is 0 Å². The van der Waals surface area contributed by atoms with Crippen LogP contribution in [0.3, 0.4) is 0 Å². The van der Waals surface area contributed by atoms with Gasteiger partial charge in [-0.25, -0.2) is 0 Å². The molecule has 0 spiro atoms. The third-order valence-electron chi connectivity index (χ3n) is 1.57. The number of rotatable bonds is 3. The van der Waals surface area contributed by atoms with Crippen molar-refractivity contribution < 1.29 is 14.7 Å². The first-order valence-electron chi connectivity index (χ1n) is 3.95. The zero-order chi connectivity index (χ0) is 11.4. The topological polar surface area (TPSA) is 66.4 Å². The molecule has 0 aromatic heterocycles. The summed E-state index contributed by atoms with van der Waals surface area (Å²) in [4.78, 5) is 21.6. The Labute approximate surface area is 95.8 Å². The number of amides is 1. The first-order chi connectivity index (χ1) is 7.00. The number of carbonyl (C=O) groups is 2. The molecule has 1 aromatic rings. The fourth-order valence-electron chi connectivity index (χ4n) is 0.923. The minimum atomic E-state index is -1.12. The van der Waals surface area contributed by atoms with Crippen LogP contribution in [-0.4, -0.2) is 23.5 Å². The van der Waals surface area contributed by atoms with Crippen LogP contribution in [0, 0.1) is 0 Å². The summed E-state index contributed by atoms with van der Waals surface area (Å²) >= 11 is 11.4. The average Bonchev–Trinajstić information content (AvgIpc) is 2.18. The van der Waals surface area contributed by atoms with Crippen molar-refractivity contribution in [3.8, 4) is 0 Å². The van der Waals surface area contributed by atoms with Gasteiger partial charge >= 0.3 is 5.97 Å². The summed E-state index contributed by atoms with van der Waals surface area (Å²) in [5.41, 5.74) is 0.158. The SMILES string of the molecule is O=C(O)CNC(=O)c1cc(Cl)ccc1Cl. The molecule has 6 heteroatoms. The van der Waals surface area contributed by atoms with Gasteiger partial charge in [-0.2, -0.15) is 0 Å². The highest BCUT2D eigenvalue weighted by Crippen LogP contribution is 2.20. The Morgan fingerprint density at radius 2 is 2.00 bits per heavy atom. The van der Waals surface area contributed by atoms with E-state index in [0.717, 1.165) is 0 Å². The second-order valence-corrected chi connectivity index (χ2v) is 3.54. The van der Waals surface area contributed by atoms with E-state index in [1.165, 1.54) is 18.2 Å². The van der Waals surface area contributed by atoms with Crippen molar-refractivity contribution in [3.05, 3.63) is 33.8 Å². The molecule has 1 amide bonds. The maximum Gasteiger partial charge on any atom is 0.322 e. The molecule has 0 saturated carbocycles. The summed E-state index contributed by atoms with van der Waals surface area (Å²) in [6.07, 6.45) is 0. The van der Waals surface area contributed by atoms with Gasteiger partial charge in [0.15, 0.2) is 0 Å². The van der Waals surface area contributed by atoms with Gasteiger partial charge in [-0.1, -0.05) is 23.2 Å². The molecule has 0 aliphatic rings. The third-order valence-corrected chi connectivity index (χ3v) is 2.14. The molecule has 0 heterocycles. The Balaban J connectivity index is 2.81. The van der Waals surface area contributed by atoms with Crippen LogP contribution in [-0.2, 0) is 4.79 Å². The van der Waals surface area contributed by atoms with Crippen molar-refractivity contribution >= 4 is 35.1 Å². The van der Waals surface area contributed by atoms with Crippen LogP contribution in [0.15, 0.2) is 18.2 Å². The number of hydrogen-bond acceptors (Lipinski definition) is 2. The molecule has 0 radical (unpaired) electrons. The van der Waals surface area contributed by atoms with Crippen molar-refractivity contribution in [2.45, 2.75) is 0 Å². The molecule has 0 atom stereocenters. The Kier molecular flexibility index (Phi) is 3.94. The van der Waals surface area contributed by atoms with E-state index in [2.05, 4.69) is 5.32 Å². The lowest BCUT2D eigenvalue weighted by atomic mass is 10.2. The minimum absolute atomic E-state index is 0.158. The van der Waals surface area contributed by atoms with E-state index in [1.54, 1.807) is 0 Å². The number of aliphatic carboxylic acids is 1. The highest BCUT2D eigenvalue weighted by molar-refractivity contribution is 6.35. The normalized spacial score (nSPS) is 9.73. The summed E-state index contributed by atoms with van der Waals surface area (Å²) in [5.74, 6) is -1.69. The molecule has 15 heavy (non-hydrogen) atoms. The molecule has 0 unspecified atom stereocenters. The summed E-state index contributed by atoms with van der Waals surface area (Å²) in [7, 11) is 0. The van der Waals surface area contributed by atoms with Crippen LogP contribution >= 0.6 is 23.2 Å². The Morgan fingerprint density at radius 3 is 2.60 bits per heavy atom. The van der Waals surface area contributed by atoms with E-state index < -0.39 is 18.4 Å². The monoisotopic (exact) mass is 247 g/mol. The van der Waals surface area contributed by atoms with E-state index in [4.69, 9.17) is 28.3 Å². The Hall–Kier alpha value is -1.26. The number of benzene rings is 1. The molecular formula is C9H7Cl2NO3. The van der Waals surface area contributed by atoms with Gasteiger partial charge in [0.25, 0.3) is 5.91 Å². The maximum absolute atomic E-state index is 11.4. The zero-order valence-electron chi connectivity index (χ0n) is 7.46. The molecule has 1 rings (SSSR count). The van der Waals surface area contributed by atoms with Crippen molar-refractivity contribution in [1.29, 1.82) is 0 Å². The van der Waals surface area contributed by atoms with Crippen molar-refractivity contribution in [1.82, 2.24) is 5.32 Å². The van der Waals surface area contributed by atoms with Crippen LogP contribution in [0.2, 0.25) is 10.0 Å². The lowest BCUT2D eigenvalue weighted by Gasteiger charge is -2.04. The zero-order valence-corrected chi connectivity index (χ0v) is 8.97. The van der Waals surface area contributed by atoms with E-state index >= 15 is 0 Å². The highest BCUT2D eigenvalue weighted by Gasteiger charge is 2.11. The van der Waals surface area contributed by atoms with Crippen molar-refractivity contribution in [2.75, 3.05) is 6.54 Å². The molecule has 0 fully saturated rings. The second kappa shape index (κ2) is 5.00. The standard InChI is InChI=1S/C9H7Cl2NO3/c10-5-1-2-7(11)6(3-5)9(15)12-4-8(13)14/h1-3H,4H2,(H,12,15)(H,13,14). The van der Waals surface area contributed by atoms with Gasteiger partial charge in [0.05, 0.1) is 10.6 Å². The van der Waals surface area contributed by atoms with Crippen LogP contribution in [0.5, 0.6) is 0 Å². The summed E-state index contributed by atoms with van der Waals surface area (Å²) < 4.78 is 0. The fraction of sp³-hybridized carbons (Fsp3) is 0.111. The number of carboxylic acid groups (broad SMARTS) is 1. The fourth-order valence-corrected chi connectivity index (χ4v) is 1.30. The molecule has 4 nitrogen and oxygen atoms in total. The van der Waals surface area contributed by atoms with Gasteiger partial charge in [-0.3, -0.25) is 9.59 Å². The quantitative estimate of drug-likeness (QED) is 0.857. The van der Waals surface area contributed by atoms with Gasteiger partial charge < -0.3 is 10.4 Å². The van der Waals surface area contributed by atoms with Gasteiger partial charge in [0.1, 0.15) is 6.54 Å². The number of halogens is 2. The smallest absolute Gasteiger partial charge is 0.322 e. The molecule has 0 bridgehead atoms. The molecular weight excluding hydrogens is 241 g/mol. The molecule has 0 aliphatic heterocycles. The average molecular weight is 248 g/mol. The van der Waals surface area contributed by atoms with Gasteiger partial charge in [-0.15, -0.1) is 0 Å². The Morgan fingerprint density at radius 1 is 1.33 bits per heavy atom. The predicted octanol–water partition coefficient (Wildman–Crippen LogP) is 1.81. The molecule has 2 N–H and O–H groups in total. The van der Waals surface area contributed by atoms with Gasteiger partial charge in [0, 0.05) is 5.02 Å². The third kappa shape index (κ3) is 3.42. The van der Waals surface area contributed by atoms with Gasteiger partial charge in [0.2, 0.25) is 0 Å². The number of nitrogens with one attached hydrogen (secondary N) is 1. The largest absolute Gasteiger partial charge is 0.480 e. The highest BCUT2D eigenvalue weighted by atomic mass is 35.5. The Bertz CT molecular complexity index is 406. The summed E-state index contributed by atoms with van der Waals surface area (Å²) in [6, 6.07) is 4.39. The summed E-state index contributed by atoms with van der Waals surface area (Å²) in [5, 5.41) is 11.1. The predicted molar refractivity (Wildman–Crippen MR) is 56.4 cm³/mol. The second-order valence-electron chi connectivity index (χ2n) is 2.70. The molecule has 80 valence electrons. The van der Waals surface area contributed by atoms with E-state index in [9.17, 15) is 9.59 Å². The van der Waals surface area contributed by atoms with Gasteiger partial charge in [-0.05, 0) is 18.2 Å². The first kappa shape index (κ1) is 11.8. The van der Waals surface area contributed by atoms with E-state index in [1.807, 2.05) is 0 Å². The first-order valence-corrected chi connectivity index (χ1v) is 4.71. The molecule has 0 saturated heterocycles. The lowest BCUT2D eigenvalue weighted by molar-refractivity contribution is -0.135. The molecule has 1 aromatic carbocycles. The lowest BCUT2D eigenvalue weighted by Crippen LogP contribution is -2.29. The van der Waals surface area contributed by atoms with Crippen molar-refractivity contribution in [3.63, 3.8) is 0 Å². The van der Waals surface area contributed by atoms with E-state index in [-0.39, 0.29) is 10.6 Å². The van der Waals surface area contributed by atoms with Crippen LogP contribution < -0.4 is 5.32 Å². The van der Waals surface area contributed by atoms with Crippen LogP contribution in [0.1, 0.15) is 10.4 Å². The molecule has 0 aliphatic carbocycles. The number of carbonyl (C=O) groups excluding carboxylic acids is 1.